The van der Waals surface area contributed by atoms with Gasteiger partial charge in [-0.1, -0.05) is 6.92 Å². The Morgan fingerprint density at radius 1 is 1.50 bits per heavy atom. The zero-order chi connectivity index (χ0) is 11.0. The van der Waals surface area contributed by atoms with Gasteiger partial charge in [-0.2, -0.15) is 0 Å². The molecule has 0 saturated heterocycles. The predicted octanol–water partition coefficient (Wildman–Crippen LogP) is 0.468. The van der Waals surface area contributed by atoms with Gasteiger partial charge in [-0.3, -0.25) is 4.79 Å². The minimum atomic E-state index is -0.858. The Bertz CT molecular complexity index is 242. The zero-order valence-corrected chi connectivity index (χ0v) is 8.50. The molecule has 1 unspecified atom stereocenters. The third-order valence-electron chi connectivity index (χ3n) is 1.65. The van der Waals surface area contributed by atoms with Crippen LogP contribution in [0.15, 0.2) is 0 Å². The Morgan fingerprint density at radius 3 is 2.57 bits per heavy atom. The van der Waals surface area contributed by atoms with Crippen molar-refractivity contribution in [3.63, 3.8) is 0 Å². The molecule has 0 heterocycles. The Hall–Kier alpha value is -1.50. The molecule has 78 valence electrons. The van der Waals surface area contributed by atoms with Crippen molar-refractivity contribution in [3.05, 3.63) is 0 Å². The van der Waals surface area contributed by atoms with Crippen LogP contribution in [0.3, 0.4) is 0 Å². The van der Waals surface area contributed by atoms with E-state index in [1.165, 1.54) is 0 Å². The summed E-state index contributed by atoms with van der Waals surface area (Å²) in [7, 11) is 0. The molecule has 4 heteroatoms. The highest BCUT2D eigenvalue weighted by atomic mass is 16.5. The minimum Gasteiger partial charge on any atom is -0.459 e. The molecule has 0 aliphatic heterocycles. The highest BCUT2D eigenvalue weighted by Gasteiger charge is 2.17. The summed E-state index contributed by atoms with van der Waals surface area (Å²) < 4.78 is 4.52. The topological polar surface area (TPSA) is 55.4 Å². The number of hydrogen-bond donors (Lipinski definition) is 1. The zero-order valence-electron chi connectivity index (χ0n) is 8.50. The molecule has 1 N–H and O–H groups in total. The van der Waals surface area contributed by atoms with E-state index in [4.69, 9.17) is 6.42 Å². The molecular weight excluding hydrogens is 182 g/mol. The molecule has 0 aromatic heterocycles. The minimum absolute atomic E-state index is 0.156. The van der Waals surface area contributed by atoms with Crippen LogP contribution < -0.4 is 5.32 Å². The lowest BCUT2D eigenvalue weighted by molar-refractivity contribution is -0.154. The van der Waals surface area contributed by atoms with Crippen LogP contribution in [0.2, 0.25) is 0 Å². The van der Waals surface area contributed by atoms with Crippen molar-refractivity contribution in [3.8, 4) is 12.3 Å². The molecule has 0 radical (unpaired) electrons. The van der Waals surface area contributed by atoms with Crippen LogP contribution in [0.25, 0.3) is 0 Å². The van der Waals surface area contributed by atoms with E-state index < -0.39 is 11.9 Å². The molecule has 0 aromatic carbocycles. The van der Waals surface area contributed by atoms with Gasteiger partial charge in [-0.15, -0.1) is 12.3 Å². The summed E-state index contributed by atoms with van der Waals surface area (Å²) >= 11 is 0. The molecule has 0 aliphatic rings. The predicted molar refractivity (Wildman–Crippen MR) is 52.3 cm³/mol. The Morgan fingerprint density at radius 2 is 2.14 bits per heavy atom. The second kappa shape index (κ2) is 6.96. The first-order valence-electron chi connectivity index (χ1n) is 4.56. The summed E-state index contributed by atoms with van der Waals surface area (Å²) in [6.07, 6.45) is 6.21. The van der Waals surface area contributed by atoms with Gasteiger partial charge in [0, 0.05) is 12.5 Å². The van der Waals surface area contributed by atoms with Crippen LogP contribution in [-0.2, 0) is 14.3 Å². The maximum absolute atomic E-state index is 11.1. The molecule has 1 atom stereocenters. The van der Waals surface area contributed by atoms with Crippen molar-refractivity contribution in [2.24, 2.45) is 0 Å². The normalized spacial score (nSPS) is 11.2. The SMILES string of the molecule is C#CCC(CC)NC(=O)C(=O)OCC. The molecule has 0 spiro atoms. The van der Waals surface area contributed by atoms with Gasteiger partial charge < -0.3 is 10.1 Å². The van der Waals surface area contributed by atoms with Crippen LogP contribution in [0.4, 0.5) is 0 Å². The smallest absolute Gasteiger partial charge is 0.396 e. The average molecular weight is 197 g/mol. The Balaban J connectivity index is 4.03. The fourth-order valence-corrected chi connectivity index (χ4v) is 0.881. The van der Waals surface area contributed by atoms with Crippen LogP contribution in [0, 0.1) is 12.3 Å². The van der Waals surface area contributed by atoms with Gasteiger partial charge in [-0.05, 0) is 13.3 Å². The molecular formula is C10H15NO3. The second-order valence-electron chi connectivity index (χ2n) is 2.71. The number of amides is 1. The van der Waals surface area contributed by atoms with Crippen molar-refractivity contribution in [2.75, 3.05) is 6.61 Å². The van der Waals surface area contributed by atoms with Crippen molar-refractivity contribution < 1.29 is 14.3 Å². The lowest BCUT2D eigenvalue weighted by Crippen LogP contribution is -2.39. The number of hydrogen-bond acceptors (Lipinski definition) is 3. The monoisotopic (exact) mass is 197 g/mol. The van der Waals surface area contributed by atoms with Gasteiger partial charge in [0.25, 0.3) is 0 Å². The number of nitrogens with one attached hydrogen (secondary N) is 1. The quantitative estimate of drug-likeness (QED) is 0.405. The van der Waals surface area contributed by atoms with E-state index in [1.54, 1.807) is 6.92 Å². The first kappa shape index (κ1) is 12.5. The van der Waals surface area contributed by atoms with Gasteiger partial charge >= 0.3 is 11.9 Å². The fraction of sp³-hybridized carbons (Fsp3) is 0.600. The van der Waals surface area contributed by atoms with E-state index in [0.29, 0.717) is 12.8 Å². The maximum atomic E-state index is 11.1. The van der Waals surface area contributed by atoms with Gasteiger partial charge in [0.05, 0.1) is 6.61 Å². The van der Waals surface area contributed by atoms with Gasteiger partial charge in [0.2, 0.25) is 0 Å². The summed E-state index contributed by atoms with van der Waals surface area (Å²) in [5, 5.41) is 2.50. The van der Waals surface area contributed by atoms with Gasteiger partial charge in [-0.25, -0.2) is 4.79 Å². The summed E-state index contributed by atoms with van der Waals surface area (Å²) in [6, 6.07) is -0.156. The number of carbonyl (C=O) groups is 2. The third-order valence-corrected chi connectivity index (χ3v) is 1.65. The summed E-state index contributed by atoms with van der Waals surface area (Å²) in [6.45, 7) is 3.72. The standard InChI is InChI=1S/C10H15NO3/c1-4-7-8(5-2)11-9(12)10(13)14-6-3/h1,8H,5-7H2,2-3H3,(H,11,12). The molecule has 1 amide bonds. The number of ether oxygens (including phenoxy) is 1. The molecule has 4 nitrogen and oxygen atoms in total. The van der Waals surface area contributed by atoms with E-state index in [9.17, 15) is 9.59 Å². The average Bonchev–Trinajstić information content (AvgIpc) is 2.17. The molecule has 14 heavy (non-hydrogen) atoms. The summed E-state index contributed by atoms with van der Waals surface area (Å²) in [5.41, 5.74) is 0. The lowest BCUT2D eigenvalue weighted by atomic mass is 10.1. The Kier molecular flexibility index (Phi) is 6.21. The van der Waals surface area contributed by atoms with Crippen LogP contribution in [-0.4, -0.2) is 24.5 Å². The fourth-order valence-electron chi connectivity index (χ4n) is 0.881. The highest BCUT2D eigenvalue weighted by Crippen LogP contribution is 1.96. The molecule has 0 rings (SSSR count). The van der Waals surface area contributed by atoms with Crippen molar-refractivity contribution >= 4 is 11.9 Å². The van der Waals surface area contributed by atoms with Gasteiger partial charge in [0.1, 0.15) is 0 Å². The van der Waals surface area contributed by atoms with E-state index in [0.717, 1.165) is 0 Å². The highest BCUT2D eigenvalue weighted by molar-refractivity contribution is 6.32. The summed E-state index contributed by atoms with van der Waals surface area (Å²) in [4.78, 5) is 22.0. The van der Waals surface area contributed by atoms with Crippen molar-refractivity contribution in [2.45, 2.75) is 32.7 Å². The Labute approximate surface area is 84.0 Å². The van der Waals surface area contributed by atoms with Gasteiger partial charge in [0.15, 0.2) is 0 Å². The van der Waals surface area contributed by atoms with Crippen LogP contribution >= 0.6 is 0 Å². The first-order chi connectivity index (χ1) is 6.65. The number of rotatable bonds is 4. The number of terminal acetylenes is 1. The third kappa shape index (κ3) is 4.51. The van der Waals surface area contributed by atoms with Crippen molar-refractivity contribution in [1.29, 1.82) is 0 Å². The molecule has 0 bridgehead atoms. The number of carbonyl (C=O) groups excluding carboxylic acids is 2. The largest absolute Gasteiger partial charge is 0.459 e. The first-order valence-corrected chi connectivity index (χ1v) is 4.56. The van der Waals surface area contributed by atoms with E-state index in [-0.39, 0.29) is 12.6 Å². The van der Waals surface area contributed by atoms with E-state index in [1.807, 2.05) is 6.92 Å². The molecule has 0 saturated carbocycles. The maximum Gasteiger partial charge on any atom is 0.396 e. The molecule has 0 fully saturated rings. The van der Waals surface area contributed by atoms with Crippen molar-refractivity contribution in [1.82, 2.24) is 5.32 Å². The molecule has 0 aromatic rings. The van der Waals surface area contributed by atoms with E-state index in [2.05, 4.69) is 16.0 Å². The van der Waals surface area contributed by atoms with E-state index >= 15 is 0 Å². The summed E-state index contributed by atoms with van der Waals surface area (Å²) in [5.74, 6) is 0.842. The second-order valence-corrected chi connectivity index (χ2v) is 2.71. The van der Waals surface area contributed by atoms with Crippen LogP contribution in [0.1, 0.15) is 26.7 Å². The number of esters is 1. The van der Waals surface area contributed by atoms with Crippen LogP contribution in [0.5, 0.6) is 0 Å². The lowest BCUT2D eigenvalue weighted by Gasteiger charge is -2.12. The molecule has 0 aliphatic carbocycles.